The van der Waals surface area contributed by atoms with E-state index in [9.17, 15) is 4.79 Å². The second-order valence-electron chi connectivity index (χ2n) is 7.80. The van der Waals surface area contributed by atoms with Crippen LogP contribution < -0.4 is 5.43 Å². The third-order valence-electron chi connectivity index (χ3n) is 5.14. The van der Waals surface area contributed by atoms with Gasteiger partial charge in [-0.05, 0) is 67.7 Å². The zero-order valence-corrected chi connectivity index (χ0v) is 21.0. The van der Waals surface area contributed by atoms with Crippen molar-refractivity contribution < 1.29 is 4.79 Å². The normalized spacial score (nSPS) is 11.3. The van der Waals surface area contributed by atoms with E-state index >= 15 is 0 Å². The molecule has 162 valence electrons. The van der Waals surface area contributed by atoms with Crippen molar-refractivity contribution in [1.29, 1.82) is 0 Å². The molecule has 0 radical (unpaired) electrons. The Morgan fingerprint density at radius 2 is 1.74 bits per heavy atom. The van der Waals surface area contributed by atoms with Crippen molar-refractivity contribution in [2.24, 2.45) is 5.10 Å². The Bertz CT molecular complexity index is 1110. The van der Waals surface area contributed by atoms with Gasteiger partial charge in [0.1, 0.15) is 0 Å². The van der Waals surface area contributed by atoms with E-state index in [-0.39, 0.29) is 5.91 Å². The molecule has 0 spiro atoms. The zero-order valence-electron chi connectivity index (χ0n) is 18.6. The number of aryl methyl sites for hydroxylation is 3. The lowest BCUT2D eigenvalue weighted by molar-refractivity contribution is -0.118. The number of thioether (sulfide) groups is 1. The molecule has 1 N–H and O–H groups in total. The summed E-state index contributed by atoms with van der Waals surface area (Å²) in [5.41, 5.74) is 11.9. The fourth-order valence-corrected chi connectivity index (χ4v) is 5.09. The average Bonchev–Trinajstić information content (AvgIpc) is 2.91. The average molecular weight is 498 g/mol. The van der Waals surface area contributed by atoms with Gasteiger partial charge in [-0.1, -0.05) is 47.5 Å². The summed E-state index contributed by atoms with van der Waals surface area (Å²) in [4.78, 5) is 12.2. The molecule has 0 aliphatic heterocycles. The predicted molar refractivity (Wildman–Crippen MR) is 135 cm³/mol. The van der Waals surface area contributed by atoms with Crippen LogP contribution >= 0.6 is 27.7 Å². The number of amides is 1. The largest absolute Gasteiger partial charge is 0.316 e. The van der Waals surface area contributed by atoms with Gasteiger partial charge < -0.3 is 4.57 Å². The molecule has 0 fully saturated rings. The molecule has 1 amide bonds. The van der Waals surface area contributed by atoms with Crippen LogP contribution in [-0.4, -0.2) is 22.4 Å². The first-order valence-electron chi connectivity index (χ1n) is 10.2. The number of hydrazone groups is 1. The number of carbonyl (C=O) groups is 1. The minimum absolute atomic E-state index is 0.102. The minimum atomic E-state index is -0.102. The molecule has 0 saturated carbocycles. The van der Waals surface area contributed by atoms with Gasteiger partial charge in [-0.2, -0.15) is 5.10 Å². The van der Waals surface area contributed by atoms with Gasteiger partial charge in [-0.25, -0.2) is 5.43 Å². The van der Waals surface area contributed by atoms with Gasteiger partial charge in [0.15, 0.2) is 0 Å². The molecule has 1 heterocycles. The molecule has 0 unspecified atom stereocenters. The maximum absolute atomic E-state index is 12.2. The van der Waals surface area contributed by atoms with E-state index in [1.807, 2.05) is 12.1 Å². The number of hydrogen-bond acceptors (Lipinski definition) is 3. The molecule has 0 aliphatic rings. The molecule has 0 bridgehead atoms. The highest BCUT2D eigenvalue weighted by atomic mass is 79.9. The molecule has 31 heavy (non-hydrogen) atoms. The molecular weight excluding hydrogens is 470 g/mol. The Morgan fingerprint density at radius 3 is 2.42 bits per heavy atom. The van der Waals surface area contributed by atoms with Crippen LogP contribution in [0.3, 0.4) is 0 Å². The van der Waals surface area contributed by atoms with E-state index in [1.165, 1.54) is 22.3 Å². The fraction of sp³-hybridized carbons (Fsp3) is 0.280. The Labute approximate surface area is 197 Å². The summed E-state index contributed by atoms with van der Waals surface area (Å²) >= 11 is 5.28. The smallest absolute Gasteiger partial charge is 0.250 e. The fourth-order valence-electron chi connectivity index (χ4n) is 3.76. The van der Waals surface area contributed by atoms with Gasteiger partial charge in [0.05, 0.1) is 12.0 Å². The van der Waals surface area contributed by atoms with Crippen LogP contribution in [0.1, 0.15) is 39.2 Å². The van der Waals surface area contributed by atoms with E-state index in [4.69, 9.17) is 0 Å². The number of benzene rings is 2. The molecular formula is C25H28BrN3OS. The van der Waals surface area contributed by atoms with Crippen LogP contribution in [-0.2, 0) is 10.5 Å². The molecule has 0 atom stereocenters. The van der Waals surface area contributed by atoms with Gasteiger partial charge in [-0.15, -0.1) is 11.8 Å². The molecule has 3 rings (SSSR count). The Balaban J connectivity index is 1.62. The Morgan fingerprint density at radius 1 is 1.06 bits per heavy atom. The van der Waals surface area contributed by atoms with Crippen molar-refractivity contribution in [3.8, 4) is 5.69 Å². The van der Waals surface area contributed by atoms with Crippen molar-refractivity contribution in [2.45, 2.75) is 40.4 Å². The molecule has 2 aromatic carbocycles. The first-order chi connectivity index (χ1) is 14.8. The third kappa shape index (κ3) is 5.69. The van der Waals surface area contributed by atoms with Gasteiger partial charge in [0, 0.05) is 32.9 Å². The molecule has 1 aromatic heterocycles. The number of nitrogens with one attached hydrogen (secondary N) is 1. The van der Waals surface area contributed by atoms with Crippen molar-refractivity contribution in [2.75, 3.05) is 5.75 Å². The summed E-state index contributed by atoms with van der Waals surface area (Å²) < 4.78 is 3.19. The van der Waals surface area contributed by atoms with Crippen LogP contribution in [0.2, 0.25) is 0 Å². The molecule has 4 nitrogen and oxygen atoms in total. The number of aromatic nitrogens is 1. The highest BCUT2D eigenvalue weighted by molar-refractivity contribution is 9.10. The maximum atomic E-state index is 12.2. The van der Waals surface area contributed by atoms with Crippen molar-refractivity contribution in [3.05, 3.63) is 86.1 Å². The maximum Gasteiger partial charge on any atom is 0.250 e. The van der Waals surface area contributed by atoms with Crippen molar-refractivity contribution >= 4 is 39.8 Å². The summed E-state index contributed by atoms with van der Waals surface area (Å²) in [6.07, 6.45) is 1.72. The van der Waals surface area contributed by atoms with Crippen molar-refractivity contribution in [1.82, 2.24) is 9.99 Å². The lowest BCUT2D eigenvalue weighted by Gasteiger charge is -2.12. The monoisotopic (exact) mass is 497 g/mol. The van der Waals surface area contributed by atoms with Gasteiger partial charge >= 0.3 is 0 Å². The van der Waals surface area contributed by atoms with Crippen LogP contribution in [0.15, 0.2) is 52.0 Å². The summed E-state index contributed by atoms with van der Waals surface area (Å²) in [7, 11) is 0. The molecule has 0 saturated heterocycles. The molecule has 3 aromatic rings. The van der Waals surface area contributed by atoms with E-state index in [0.717, 1.165) is 32.9 Å². The summed E-state index contributed by atoms with van der Waals surface area (Å²) in [5.74, 6) is 1.07. The van der Waals surface area contributed by atoms with E-state index in [1.54, 1.807) is 18.0 Å². The lowest BCUT2D eigenvalue weighted by Crippen LogP contribution is -2.19. The van der Waals surface area contributed by atoms with Crippen LogP contribution in [0.4, 0.5) is 0 Å². The van der Waals surface area contributed by atoms with Crippen molar-refractivity contribution in [3.63, 3.8) is 0 Å². The Hall–Kier alpha value is -2.31. The Kier molecular flexibility index (Phi) is 7.79. The zero-order chi connectivity index (χ0) is 22.5. The van der Waals surface area contributed by atoms with Crippen LogP contribution in [0, 0.1) is 34.6 Å². The predicted octanol–water partition coefficient (Wildman–Crippen LogP) is 6.17. The minimum Gasteiger partial charge on any atom is -0.316 e. The highest BCUT2D eigenvalue weighted by Crippen LogP contribution is 2.30. The quantitative estimate of drug-likeness (QED) is 0.313. The number of para-hydroxylation sites is 1. The second-order valence-corrected chi connectivity index (χ2v) is 9.58. The van der Waals surface area contributed by atoms with Crippen LogP contribution in [0.25, 0.3) is 5.69 Å². The first kappa shape index (κ1) is 23.4. The van der Waals surface area contributed by atoms with Crippen LogP contribution in [0.5, 0.6) is 0 Å². The van der Waals surface area contributed by atoms with Gasteiger partial charge in [0.2, 0.25) is 5.91 Å². The number of hydrogen-bond donors (Lipinski definition) is 1. The topological polar surface area (TPSA) is 46.4 Å². The number of rotatable bonds is 7. The number of nitrogens with zero attached hydrogens (tertiary/aromatic N) is 2. The van der Waals surface area contributed by atoms with Gasteiger partial charge in [0.25, 0.3) is 0 Å². The lowest BCUT2D eigenvalue weighted by atomic mass is 10.1. The summed E-state index contributed by atoms with van der Waals surface area (Å²) in [5, 5.41) is 4.21. The highest BCUT2D eigenvalue weighted by Gasteiger charge is 2.16. The van der Waals surface area contributed by atoms with E-state index < -0.39 is 0 Å². The third-order valence-corrected chi connectivity index (χ3v) is 7.14. The number of halogens is 1. The summed E-state index contributed by atoms with van der Waals surface area (Å²) in [6.45, 7) is 10.4. The van der Waals surface area contributed by atoms with E-state index in [0.29, 0.717) is 5.75 Å². The van der Waals surface area contributed by atoms with E-state index in [2.05, 4.69) is 96.0 Å². The molecule has 6 heteroatoms. The SMILES string of the molecule is Cc1cc(C)cc(CSCC(=O)N/N=C\c2c(Br)c(C)n(-c3ccccc3C)c2C)c1. The number of carbonyl (C=O) groups excluding carboxylic acids is 1. The molecule has 0 aliphatic carbocycles. The standard InChI is InChI=1S/C25H28BrN3OS/c1-16-10-17(2)12-21(11-16)14-31-15-24(30)28-27-13-22-19(4)29(20(5)25(22)26)23-9-7-6-8-18(23)3/h6-13H,14-15H2,1-5H3,(H,28,30)/b27-13-. The second kappa shape index (κ2) is 10.3. The first-order valence-corrected chi connectivity index (χ1v) is 12.1. The summed E-state index contributed by atoms with van der Waals surface area (Å²) in [6, 6.07) is 14.8. The van der Waals surface area contributed by atoms with Gasteiger partial charge in [-0.3, -0.25) is 4.79 Å².